The van der Waals surface area contributed by atoms with E-state index in [0.717, 1.165) is 58.1 Å². The van der Waals surface area contributed by atoms with Gasteiger partial charge in [0, 0.05) is 24.0 Å². The maximum Gasteiger partial charge on any atom is 0.228 e. The second-order valence-electron chi connectivity index (χ2n) is 6.97. The van der Waals surface area contributed by atoms with Gasteiger partial charge in [0.25, 0.3) is 0 Å². The number of likely N-dealkylation sites (tertiary alicyclic amines) is 1. The predicted octanol–water partition coefficient (Wildman–Crippen LogP) is 3.95. The number of benzene rings is 1. The third kappa shape index (κ3) is 3.48. The molecule has 0 aliphatic carbocycles. The molecule has 1 aliphatic rings. The van der Waals surface area contributed by atoms with Crippen LogP contribution in [0.15, 0.2) is 36.5 Å². The minimum atomic E-state index is 0.0588. The fourth-order valence-electron chi connectivity index (χ4n) is 3.40. The van der Waals surface area contributed by atoms with E-state index in [2.05, 4.69) is 33.3 Å². The van der Waals surface area contributed by atoms with Crippen LogP contribution in [-0.2, 0) is 4.79 Å². The number of rotatable bonds is 3. The van der Waals surface area contributed by atoms with Crippen LogP contribution in [0.1, 0.15) is 18.4 Å². The van der Waals surface area contributed by atoms with Crippen molar-refractivity contribution in [3.8, 4) is 10.6 Å². The molecule has 26 heavy (non-hydrogen) atoms. The van der Waals surface area contributed by atoms with E-state index in [4.69, 9.17) is 0 Å². The van der Waals surface area contributed by atoms with Gasteiger partial charge < -0.3 is 10.2 Å². The molecule has 1 atom stereocenters. The average Bonchev–Trinajstić information content (AvgIpc) is 3.07. The Morgan fingerprint density at radius 1 is 1.35 bits per heavy atom. The molecular formula is C20H22N4OS. The number of thiazole rings is 1. The Morgan fingerprint density at radius 3 is 3.04 bits per heavy atom. The van der Waals surface area contributed by atoms with E-state index in [9.17, 15) is 4.79 Å². The first-order chi connectivity index (χ1) is 12.6. The summed E-state index contributed by atoms with van der Waals surface area (Å²) in [5.41, 5.74) is 3.84. The SMILES string of the molecule is Cc1ccc(-c2nc3cccnc3s2)cc1NC(=O)C1CCCN(C)C1. The molecule has 0 bridgehead atoms. The second-order valence-corrected chi connectivity index (χ2v) is 7.94. The topological polar surface area (TPSA) is 58.1 Å². The maximum absolute atomic E-state index is 12.7. The molecule has 1 saturated heterocycles. The minimum Gasteiger partial charge on any atom is -0.326 e. The highest BCUT2D eigenvalue weighted by Gasteiger charge is 2.24. The highest BCUT2D eigenvalue weighted by molar-refractivity contribution is 7.21. The van der Waals surface area contributed by atoms with Gasteiger partial charge in [-0.15, -0.1) is 0 Å². The molecule has 1 aliphatic heterocycles. The lowest BCUT2D eigenvalue weighted by molar-refractivity contribution is -0.121. The van der Waals surface area contributed by atoms with Gasteiger partial charge in [-0.25, -0.2) is 9.97 Å². The molecule has 4 rings (SSSR count). The van der Waals surface area contributed by atoms with Gasteiger partial charge in [0.05, 0.1) is 5.92 Å². The van der Waals surface area contributed by atoms with Gasteiger partial charge >= 0.3 is 0 Å². The van der Waals surface area contributed by atoms with Crippen molar-refractivity contribution in [3.63, 3.8) is 0 Å². The number of anilines is 1. The average molecular weight is 366 g/mol. The van der Waals surface area contributed by atoms with Crippen molar-refractivity contribution >= 4 is 33.3 Å². The van der Waals surface area contributed by atoms with E-state index in [0.29, 0.717) is 0 Å². The highest BCUT2D eigenvalue weighted by Crippen LogP contribution is 2.31. The van der Waals surface area contributed by atoms with E-state index in [1.807, 2.05) is 31.2 Å². The van der Waals surface area contributed by atoms with Crippen molar-refractivity contribution in [1.82, 2.24) is 14.9 Å². The van der Waals surface area contributed by atoms with Crippen LogP contribution in [0.25, 0.3) is 20.9 Å². The first-order valence-electron chi connectivity index (χ1n) is 8.92. The highest BCUT2D eigenvalue weighted by atomic mass is 32.1. The van der Waals surface area contributed by atoms with Crippen molar-refractivity contribution in [2.45, 2.75) is 19.8 Å². The summed E-state index contributed by atoms with van der Waals surface area (Å²) in [4.78, 5) is 24.9. The molecule has 1 fully saturated rings. The predicted molar refractivity (Wildman–Crippen MR) is 106 cm³/mol. The largest absolute Gasteiger partial charge is 0.326 e. The van der Waals surface area contributed by atoms with E-state index >= 15 is 0 Å². The van der Waals surface area contributed by atoms with Crippen LogP contribution in [0.5, 0.6) is 0 Å². The molecule has 2 aromatic heterocycles. The van der Waals surface area contributed by atoms with Gasteiger partial charge in [0.2, 0.25) is 5.91 Å². The Hall–Kier alpha value is -2.31. The van der Waals surface area contributed by atoms with E-state index in [1.54, 1.807) is 17.5 Å². The number of nitrogens with zero attached hydrogens (tertiary/aromatic N) is 3. The quantitative estimate of drug-likeness (QED) is 0.763. The lowest BCUT2D eigenvalue weighted by Gasteiger charge is -2.28. The van der Waals surface area contributed by atoms with E-state index < -0.39 is 0 Å². The summed E-state index contributed by atoms with van der Waals surface area (Å²) in [5.74, 6) is 0.172. The summed E-state index contributed by atoms with van der Waals surface area (Å²) in [6.07, 6.45) is 3.82. The summed E-state index contributed by atoms with van der Waals surface area (Å²) in [6.45, 7) is 3.92. The molecule has 0 spiro atoms. The molecule has 3 aromatic rings. The Bertz CT molecular complexity index is 919. The number of hydrogen-bond acceptors (Lipinski definition) is 5. The molecule has 1 aromatic carbocycles. The van der Waals surface area contributed by atoms with Crippen LogP contribution in [0, 0.1) is 12.8 Å². The van der Waals surface area contributed by atoms with Gasteiger partial charge in [0.15, 0.2) is 0 Å². The lowest BCUT2D eigenvalue weighted by atomic mass is 9.97. The fraction of sp³-hybridized carbons (Fsp3) is 0.350. The van der Waals surface area contributed by atoms with Crippen molar-refractivity contribution < 1.29 is 4.79 Å². The van der Waals surface area contributed by atoms with Crippen molar-refractivity contribution in [2.24, 2.45) is 5.92 Å². The van der Waals surface area contributed by atoms with Crippen LogP contribution < -0.4 is 5.32 Å². The molecule has 5 nitrogen and oxygen atoms in total. The molecule has 3 heterocycles. The zero-order chi connectivity index (χ0) is 18.1. The Morgan fingerprint density at radius 2 is 2.23 bits per heavy atom. The van der Waals surface area contributed by atoms with Crippen LogP contribution >= 0.6 is 11.3 Å². The minimum absolute atomic E-state index is 0.0588. The number of aryl methyl sites for hydroxylation is 1. The summed E-state index contributed by atoms with van der Waals surface area (Å²) < 4.78 is 0. The first kappa shape index (κ1) is 17.1. The molecule has 0 saturated carbocycles. The zero-order valence-corrected chi connectivity index (χ0v) is 15.8. The lowest BCUT2D eigenvalue weighted by Crippen LogP contribution is -2.38. The van der Waals surface area contributed by atoms with Gasteiger partial charge in [0.1, 0.15) is 15.4 Å². The van der Waals surface area contributed by atoms with Crippen molar-refractivity contribution in [1.29, 1.82) is 0 Å². The van der Waals surface area contributed by atoms with Crippen molar-refractivity contribution in [3.05, 3.63) is 42.1 Å². The molecule has 0 radical (unpaired) electrons. The monoisotopic (exact) mass is 366 g/mol. The molecule has 1 unspecified atom stereocenters. The normalized spacial score (nSPS) is 18.2. The first-order valence-corrected chi connectivity index (χ1v) is 9.74. The fourth-order valence-corrected chi connectivity index (χ4v) is 4.30. The summed E-state index contributed by atoms with van der Waals surface area (Å²) in [6, 6.07) is 9.98. The number of hydrogen-bond donors (Lipinski definition) is 1. The number of fused-ring (bicyclic) bond motifs is 1. The van der Waals surface area contributed by atoms with Crippen LogP contribution in [0.3, 0.4) is 0 Å². The van der Waals surface area contributed by atoms with E-state index in [1.165, 1.54) is 0 Å². The Kier molecular flexibility index (Phi) is 4.70. The zero-order valence-electron chi connectivity index (χ0n) is 15.0. The Balaban J connectivity index is 1.59. The summed E-state index contributed by atoms with van der Waals surface area (Å²) in [5, 5.41) is 4.06. The number of carbonyl (C=O) groups excluding carboxylic acids is 1. The number of aromatic nitrogens is 2. The van der Waals surface area contributed by atoms with Crippen molar-refractivity contribution in [2.75, 3.05) is 25.5 Å². The van der Waals surface area contributed by atoms with Gasteiger partial charge in [-0.2, -0.15) is 0 Å². The molecule has 134 valence electrons. The molecule has 1 N–H and O–H groups in total. The van der Waals surface area contributed by atoms with Gasteiger partial charge in [-0.05, 0) is 57.1 Å². The van der Waals surface area contributed by atoms with E-state index in [-0.39, 0.29) is 11.8 Å². The third-order valence-electron chi connectivity index (χ3n) is 4.90. The number of carbonyl (C=O) groups is 1. The summed E-state index contributed by atoms with van der Waals surface area (Å²) >= 11 is 1.57. The number of nitrogens with one attached hydrogen (secondary N) is 1. The third-order valence-corrected chi connectivity index (χ3v) is 5.93. The smallest absolute Gasteiger partial charge is 0.228 e. The summed E-state index contributed by atoms with van der Waals surface area (Å²) in [7, 11) is 2.08. The number of piperidine rings is 1. The molecule has 6 heteroatoms. The standard InChI is InChI=1S/C20H22N4OS/c1-13-7-8-14(19-23-16-6-3-9-21-20(16)26-19)11-17(13)22-18(25)15-5-4-10-24(2)12-15/h3,6-9,11,15H,4-5,10,12H2,1-2H3,(H,22,25). The number of amides is 1. The van der Waals surface area contributed by atoms with Crippen LogP contribution in [-0.4, -0.2) is 40.9 Å². The second kappa shape index (κ2) is 7.13. The van der Waals surface area contributed by atoms with Gasteiger partial charge in [-0.1, -0.05) is 23.5 Å². The molecule has 1 amide bonds. The van der Waals surface area contributed by atoms with Crippen LogP contribution in [0.4, 0.5) is 5.69 Å². The maximum atomic E-state index is 12.7. The Labute approximate surface area is 157 Å². The number of pyridine rings is 1. The molecular weight excluding hydrogens is 344 g/mol. The van der Waals surface area contributed by atoms with Gasteiger partial charge in [-0.3, -0.25) is 4.79 Å². The van der Waals surface area contributed by atoms with Crippen LogP contribution in [0.2, 0.25) is 0 Å².